The Morgan fingerprint density at radius 3 is 2.75 bits per heavy atom. The van der Waals surface area contributed by atoms with Gasteiger partial charge in [0.15, 0.2) is 0 Å². The molecule has 3 N–H and O–H groups in total. The molecule has 106 valence electrons. The standard InChI is InChI=1S/C15H20N4O/c1-4-14-10(2)18-19(11(14)3)9-15(20)17-13-7-5-6-12(16)8-13/h5-8H,4,9,16H2,1-3H3,(H,17,20). The van der Waals surface area contributed by atoms with Crippen molar-refractivity contribution in [3.63, 3.8) is 0 Å². The maximum absolute atomic E-state index is 12.0. The first-order chi connectivity index (χ1) is 9.51. The smallest absolute Gasteiger partial charge is 0.246 e. The number of nitrogens with one attached hydrogen (secondary N) is 1. The van der Waals surface area contributed by atoms with Crippen molar-refractivity contribution in [3.8, 4) is 0 Å². The Morgan fingerprint density at radius 1 is 1.40 bits per heavy atom. The number of hydrogen-bond donors (Lipinski definition) is 2. The highest BCUT2D eigenvalue weighted by Gasteiger charge is 2.12. The van der Waals surface area contributed by atoms with Crippen molar-refractivity contribution in [2.75, 3.05) is 11.1 Å². The molecule has 0 fully saturated rings. The van der Waals surface area contributed by atoms with Crippen molar-refractivity contribution in [2.24, 2.45) is 0 Å². The van der Waals surface area contributed by atoms with Gasteiger partial charge in [0.2, 0.25) is 5.91 Å². The van der Waals surface area contributed by atoms with Gasteiger partial charge in [-0.15, -0.1) is 0 Å². The van der Waals surface area contributed by atoms with Gasteiger partial charge < -0.3 is 11.1 Å². The van der Waals surface area contributed by atoms with E-state index in [1.54, 1.807) is 16.8 Å². The molecule has 20 heavy (non-hydrogen) atoms. The van der Waals surface area contributed by atoms with Crippen molar-refractivity contribution in [3.05, 3.63) is 41.2 Å². The number of hydrogen-bond acceptors (Lipinski definition) is 3. The van der Waals surface area contributed by atoms with Crippen LogP contribution >= 0.6 is 0 Å². The second-order valence-electron chi connectivity index (χ2n) is 4.83. The minimum atomic E-state index is -0.108. The fourth-order valence-corrected chi connectivity index (χ4v) is 2.35. The Morgan fingerprint density at radius 2 is 2.15 bits per heavy atom. The number of aryl methyl sites for hydroxylation is 1. The summed E-state index contributed by atoms with van der Waals surface area (Å²) < 4.78 is 1.75. The van der Waals surface area contributed by atoms with Gasteiger partial charge in [0.05, 0.1) is 5.69 Å². The molecule has 2 rings (SSSR count). The molecular weight excluding hydrogens is 252 g/mol. The largest absolute Gasteiger partial charge is 0.399 e. The van der Waals surface area contributed by atoms with E-state index in [2.05, 4.69) is 17.3 Å². The lowest BCUT2D eigenvalue weighted by molar-refractivity contribution is -0.116. The minimum Gasteiger partial charge on any atom is -0.399 e. The van der Waals surface area contributed by atoms with Crippen LogP contribution in [0.1, 0.15) is 23.9 Å². The van der Waals surface area contributed by atoms with E-state index in [0.717, 1.165) is 17.8 Å². The van der Waals surface area contributed by atoms with Gasteiger partial charge in [-0.05, 0) is 44.0 Å². The summed E-state index contributed by atoms with van der Waals surface area (Å²) >= 11 is 0. The average molecular weight is 272 g/mol. The number of benzene rings is 1. The van der Waals surface area contributed by atoms with E-state index in [0.29, 0.717) is 11.4 Å². The molecular formula is C15H20N4O. The first-order valence-corrected chi connectivity index (χ1v) is 6.69. The Bertz CT molecular complexity index is 631. The van der Waals surface area contributed by atoms with Crippen LogP contribution < -0.4 is 11.1 Å². The molecule has 1 heterocycles. The van der Waals surface area contributed by atoms with Gasteiger partial charge in [0.1, 0.15) is 6.54 Å². The van der Waals surface area contributed by atoms with Crippen LogP contribution in [0.2, 0.25) is 0 Å². The molecule has 0 saturated carbocycles. The number of rotatable bonds is 4. The summed E-state index contributed by atoms with van der Waals surface area (Å²) in [6.45, 7) is 6.26. The van der Waals surface area contributed by atoms with Crippen molar-refractivity contribution in [2.45, 2.75) is 33.7 Å². The quantitative estimate of drug-likeness (QED) is 0.839. The molecule has 0 saturated heterocycles. The Hall–Kier alpha value is -2.30. The third-order valence-electron chi connectivity index (χ3n) is 3.35. The SMILES string of the molecule is CCc1c(C)nn(CC(=O)Nc2cccc(N)c2)c1C. The highest BCUT2D eigenvalue weighted by Crippen LogP contribution is 2.14. The van der Waals surface area contributed by atoms with Gasteiger partial charge in [-0.25, -0.2) is 0 Å². The van der Waals surface area contributed by atoms with Gasteiger partial charge in [-0.1, -0.05) is 13.0 Å². The summed E-state index contributed by atoms with van der Waals surface area (Å²) in [6, 6.07) is 7.14. The maximum Gasteiger partial charge on any atom is 0.246 e. The zero-order valence-electron chi connectivity index (χ0n) is 12.1. The lowest BCUT2D eigenvalue weighted by Crippen LogP contribution is -2.20. The topological polar surface area (TPSA) is 72.9 Å². The van der Waals surface area contributed by atoms with Crippen molar-refractivity contribution < 1.29 is 4.79 Å². The van der Waals surface area contributed by atoms with Gasteiger partial charge >= 0.3 is 0 Å². The molecule has 0 unspecified atom stereocenters. The van der Waals surface area contributed by atoms with Crippen LogP contribution in [0.5, 0.6) is 0 Å². The fraction of sp³-hybridized carbons (Fsp3) is 0.333. The van der Waals surface area contributed by atoms with E-state index >= 15 is 0 Å². The van der Waals surface area contributed by atoms with Crippen LogP contribution in [0, 0.1) is 13.8 Å². The van der Waals surface area contributed by atoms with Crippen LogP contribution in [-0.4, -0.2) is 15.7 Å². The first-order valence-electron chi connectivity index (χ1n) is 6.69. The third kappa shape index (κ3) is 2.99. The fourth-order valence-electron chi connectivity index (χ4n) is 2.35. The lowest BCUT2D eigenvalue weighted by Gasteiger charge is -2.07. The second kappa shape index (κ2) is 5.77. The average Bonchev–Trinajstić information content (AvgIpc) is 2.63. The number of amides is 1. The number of carbonyl (C=O) groups is 1. The number of nitrogens with zero attached hydrogens (tertiary/aromatic N) is 2. The van der Waals surface area contributed by atoms with Crippen molar-refractivity contribution >= 4 is 17.3 Å². The molecule has 0 aliphatic carbocycles. The van der Waals surface area contributed by atoms with Gasteiger partial charge in [0.25, 0.3) is 0 Å². The maximum atomic E-state index is 12.0. The summed E-state index contributed by atoms with van der Waals surface area (Å²) in [5, 5.41) is 7.24. The van der Waals surface area contributed by atoms with E-state index < -0.39 is 0 Å². The molecule has 0 spiro atoms. The molecule has 0 aliphatic heterocycles. The van der Waals surface area contributed by atoms with E-state index in [4.69, 9.17) is 5.73 Å². The summed E-state index contributed by atoms with van der Waals surface area (Å²) in [4.78, 5) is 12.0. The number of anilines is 2. The van der Waals surface area contributed by atoms with Crippen molar-refractivity contribution in [1.82, 2.24) is 9.78 Å². The summed E-state index contributed by atoms with van der Waals surface area (Å²) in [5.74, 6) is -0.108. The molecule has 0 bridgehead atoms. The highest BCUT2D eigenvalue weighted by atomic mass is 16.2. The molecule has 2 aromatic rings. The van der Waals surface area contributed by atoms with Gasteiger partial charge in [0, 0.05) is 17.1 Å². The number of carbonyl (C=O) groups excluding carboxylic acids is 1. The zero-order valence-corrected chi connectivity index (χ0v) is 12.1. The van der Waals surface area contributed by atoms with Gasteiger partial charge in [-0.2, -0.15) is 5.10 Å². The number of aromatic nitrogens is 2. The predicted octanol–water partition coefficient (Wildman–Crippen LogP) is 2.28. The monoisotopic (exact) mass is 272 g/mol. The molecule has 1 aromatic carbocycles. The summed E-state index contributed by atoms with van der Waals surface area (Å²) in [5.41, 5.74) is 10.3. The third-order valence-corrected chi connectivity index (χ3v) is 3.35. The van der Waals surface area contributed by atoms with Crippen LogP contribution in [0.4, 0.5) is 11.4 Å². The van der Waals surface area contributed by atoms with Crippen LogP contribution in [-0.2, 0) is 17.8 Å². The number of nitrogen functional groups attached to an aromatic ring is 1. The second-order valence-corrected chi connectivity index (χ2v) is 4.83. The minimum absolute atomic E-state index is 0.108. The normalized spacial score (nSPS) is 10.6. The van der Waals surface area contributed by atoms with Crippen LogP contribution in [0.15, 0.2) is 24.3 Å². The first kappa shape index (κ1) is 14.1. The van der Waals surface area contributed by atoms with Crippen molar-refractivity contribution in [1.29, 1.82) is 0 Å². The molecule has 0 radical (unpaired) electrons. The molecule has 0 aliphatic rings. The molecule has 0 atom stereocenters. The predicted molar refractivity (Wildman–Crippen MR) is 80.6 cm³/mol. The van der Waals surface area contributed by atoms with Crippen LogP contribution in [0.3, 0.4) is 0 Å². The lowest BCUT2D eigenvalue weighted by atomic mass is 10.1. The van der Waals surface area contributed by atoms with E-state index in [-0.39, 0.29) is 12.5 Å². The zero-order chi connectivity index (χ0) is 14.7. The Labute approximate surface area is 118 Å². The summed E-state index contributed by atoms with van der Waals surface area (Å²) in [7, 11) is 0. The highest BCUT2D eigenvalue weighted by molar-refractivity contribution is 5.91. The molecule has 1 amide bonds. The Kier molecular flexibility index (Phi) is 4.08. The molecule has 5 nitrogen and oxygen atoms in total. The Balaban J connectivity index is 2.09. The summed E-state index contributed by atoms with van der Waals surface area (Å²) in [6.07, 6.45) is 0.925. The van der Waals surface area contributed by atoms with E-state index in [1.807, 2.05) is 26.0 Å². The number of nitrogens with two attached hydrogens (primary N) is 1. The van der Waals surface area contributed by atoms with E-state index in [9.17, 15) is 4.79 Å². The molecule has 5 heteroatoms. The van der Waals surface area contributed by atoms with E-state index in [1.165, 1.54) is 5.56 Å². The molecule has 1 aromatic heterocycles. The van der Waals surface area contributed by atoms with Crippen LogP contribution in [0.25, 0.3) is 0 Å². The van der Waals surface area contributed by atoms with Gasteiger partial charge in [-0.3, -0.25) is 9.48 Å².